The zero-order chi connectivity index (χ0) is 19.9. The summed E-state index contributed by atoms with van der Waals surface area (Å²) in [6.07, 6.45) is 2.14. The van der Waals surface area contributed by atoms with E-state index in [2.05, 4.69) is 10.3 Å². The molecule has 5 nitrogen and oxygen atoms in total. The van der Waals surface area contributed by atoms with Gasteiger partial charge >= 0.3 is 5.97 Å². The number of rotatable bonds is 6. The van der Waals surface area contributed by atoms with Gasteiger partial charge in [0.1, 0.15) is 0 Å². The Morgan fingerprint density at radius 1 is 1.07 bits per heavy atom. The van der Waals surface area contributed by atoms with Gasteiger partial charge in [0, 0.05) is 18.3 Å². The molecule has 6 heteroatoms. The SMILES string of the molecule is COC(=O)c1ccc(Cl)c(NC(=O)C(Cc2ccccn2)c2ccccc2)c1. The lowest BCUT2D eigenvalue weighted by Crippen LogP contribution is -2.23. The third kappa shape index (κ3) is 4.75. The van der Waals surface area contributed by atoms with Gasteiger partial charge in [-0.1, -0.05) is 48.0 Å². The Balaban J connectivity index is 1.89. The molecule has 2 aromatic carbocycles. The second-order valence-corrected chi connectivity index (χ2v) is 6.57. The largest absolute Gasteiger partial charge is 0.465 e. The van der Waals surface area contributed by atoms with Crippen molar-refractivity contribution in [2.45, 2.75) is 12.3 Å². The summed E-state index contributed by atoms with van der Waals surface area (Å²) in [4.78, 5) is 29.2. The third-order valence-electron chi connectivity index (χ3n) is 4.30. The molecule has 1 aromatic heterocycles. The maximum atomic E-state index is 13.1. The number of hydrogen-bond donors (Lipinski definition) is 1. The highest BCUT2D eigenvalue weighted by molar-refractivity contribution is 6.34. The summed E-state index contributed by atoms with van der Waals surface area (Å²) >= 11 is 6.22. The van der Waals surface area contributed by atoms with E-state index in [0.29, 0.717) is 22.7 Å². The number of anilines is 1. The van der Waals surface area contributed by atoms with Gasteiger partial charge in [-0.05, 0) is 35.9 Å². The number of amides is 1. The molecule has 1 N–H and O–H groups in total. The van der Waals surface area contributed by atoms with Gasteiger partial charge in [-0.25, -0.2) is 4.79 Å². The first kappa shape index (κ1) is 19.6. The van der Waals surface area contributed by atoms with Crippen LogP contribution in [-0.2, 0) is 16.0 Å². The lowest BCUT2D eigenvalue weighted by Gasteiger charge is -2.18. The minimum Gasteiger partial charge on any atom is -0.465 e. The van der Waals surface area contributed by atoms with Crippen LogP contribution in [0.5, 0.6) is 0 Å². The summed E-state index contributed by atoms with van der Waals surface area (Å²) < 4.78 is 4.73. The number of nitrogens with one attached hydrogen (secondary N) is 1. The van der Waals surface area contributed by atoms with Gasteiger partial charge in [0.05, 0.1) is 29.3 Å². The summed E-state index contributed by atoms with van der Waals surface area (Å²) in [6.45, 7) is 0. The van der Waals surface area contributed by atoms with E-state index in [9.17, 15) is 9.59 Å². The Bertz CT molecular complexity index is 962. The summed E-state index contributed by atoms with van der Waals surface area (Å²) in [5.74, 6) is -1.20. The quantitative estimate of drug-likeness (QED) is 0.625. The summed E-state index contributed by atoms with van der Waals surface area (Å²) in [7, 11) is 1.30. The Hall–Kier alpha value is -3.18. The molecule has 0 aliphatic heterocycles. The normalized spacial score (nSPS) is 11.5. The summed E-state index contributed by atoms with van der Waals surface area (Å²) in [6, 6.07) is 19.7. The first-order valence-electron chi connectivity index (χ1n) is 8.72. The van der Waals surface area contributed by atoms with Crippen molar-refractivity contribution >= 4 is 29.2 Å². The van der Waals surface area contributed by atoms with Crippen molar-refractivity contribution in [2.75, 3.05) is 12.4 Å². The van der Waals surface area contributed by atoms with Crippen molar-refractivity contribution in [3.05, 3.63) is 94.8 Å². The van der Waals surface area contributed by atoms with Crippen molar-refractivity contribution in [3.8, 4) is 0 Å². The van der Waals surface area contributed by atoms with Crippen molar-refractivity contribution in [2.24, 2.45) is 0 Å². The Morgan fingerprint density at radius 2 is 1.82 bits per heavy atom. The maximum Gasteiger partial charge on any atom is 0.337 e. The number of esters is 1. The van der Waals surface area contributed by atoms with Crippen LogP contribution in [0.25, 0.3) is 0 Å². The van der Waals surface area contributed by atoms with Crippen LogP contribution in [0.15, 0.2) is 72.9 Å². The summed E-state index contributed by atoms with van der Waals surface area (Å²) in [5.41, 5.74) is 2.34. The van der Waals surface area contributed by atoms with E-state index in [1.165, 1.54) is 13.2 Å². The van der Waals surface area contributed by atoms with Crippen LogP contribution in [0.1, 0.15) is 27.5 Å². The van der Waals surface area contributed by atoms with Gasteiger partial charge in [0.15, 0.2) is 0 Å². The topological polar surface area (TPSA) is 68.3 Å². The number of ether oxygens (including phenoxy) is 1. The minimum absolute atomic E-state index is 0.235. The highest BCUT2D eigenvalue weighted by atomic mass is 35.5. The zero-order valence-corrected chi connectivity index (χ0v) is 16.0. The van der Waals surface area contributed by atoms with Gasteiger partial charge in [-0.2, -0.15) is 0 Å². The predicted molar refractivity (Wildman–Crippen MR) is 109 cm³/mol. The van der Waals surface area contributed by atoms with Gasteiger partial charge in [0.2, 0.25) is 5.91 Å². The fraction of sp³-hybridized carbons (Fsp3) is 0.136. The number of pyridine rings is 1. The lowest BCUT2D eigenvalue weighted by molar-refractivity contribution is -0.117. The number of carbonyl (C=O) groups is 2. The molecule has 3 aromatic rings. The zero-order valence-electron chi connectivity index (χ0n) is 15.3. The van der Waals surface area contributed by atoms with E-state index in [0.717, 1.165) is 11.3 Å². The average Bonchev–Trinajstić information content (AvgIpc) is 2.74. The van der Waals surface area contributed by atoms with Crippen LogP contribution in [0.3, 0.4) is 0 Å². The lowest BCUT2D eigenvalue weighted by atomic mass is 9.93. The molecule has 1 unspecified atom stereocenters. The van der Waals surface area contributed by atoms with Crippen molar-refractivity contribution < 1.29 is 14.3 Å². The van der Waals surface area contributed by atoms with Gasteiger partial charge in [0.25, 0.3) is 0 Å². The van der Waals surface area contributed by atoms with Crippen LogP contribution >= 0.6 is 11.6 Å². The smallest absolute Gasteiger partial charge is 0.337 e. The number of hydrogen-bond acceptors (Lipinski definition) is 4. The molecule has 1 amide bonds. The monoisotopic (exact) mass is 394 g/mol. The maximum absolute atomic E-state index is 13.1. The Kier molecular flexibility index (Phi) is 6.40. The molecule has 0 bridgehead atoms. The van der Waals surface area contributed by atoms with E-state index in [1.54, 1.807) is 18.3 Å². The second kappa shape index (κ2) is 9.15. The molecule has 1 heterocycles. The number of benzene rings is 2. The van der Waals surface area contributed by atoms with Crippen LogP contribution in [0, 0.1) is 0 Å². The van der Waals surface area contributed by atoms with E-state index in [-0.39, 0.29) is 5.91 Å². The molecule has 0 saturated carbocycles. The number of aromatic nitrogens is 1. The van der Waals surface area contributed by atoms with Gasteiger partial charge in [-0.3, -0.25) is 9.78 Å². The van der Waals surface area contributed by atoms with Crippen LogP contribution in [0.4, 0.5) is 5.69 Å². The molecule has 0 aliphatic rings. The van der Waals surface area contributed by atoms with Gasteiger partial charge < -0.3 is 10.1 Å². The Labute approximate surface area is 168 Å². The van der Waals surface area contributed by atoms with Crippen molar-refractivity contribution in [1.82, 2.24) is 4.98 Å². The molecule has 0 aliphatic carbocycles. The van der Waals surface area contributed by atoms with E-state index in [4.69, 9.17) is 16.3 Å². The van der Waals surface area contributed by atoms with Gasteiger partial charge in [-0.15, -0.1) is 0 Å². The fourth-order valence-corrected chi connectivity index (χ4v) is 3.03. The molecule has 0 radical (unpaired) electrons. The van der Waals surface area contributed by atoms with Crippen LogP contribution in [-0.4, -0.2) is 24.0 Å². The molecule has 0 fully saturated rings. The molecular formula is C22H19ClN2O3. The summed E-state index contributed by atoms with van der Waals surface area (Å²) in [5, 5.41) is 3.18. The number of methoxy groups -OCH3 is 1. The molecule has 142 valence electrons. The molecule has 0 saturated heterocycles. The van der Waals surface area contributed by atoms with Crippen LogP contribution in [0.2, 0.25) is 5.02 Å². The molecule has 3 rings (SSSR count). The van der Waals surface area contributed by atoms with E-state index < -0.39 is 11.9 Å². The highest BCUT2D eigenvalue weighted by Gasteiger charge is 2.23. The average molecular weight is 395 g/mol. The first-order valence-corrected chi connectivity index (χ1v) is 9.10. The first-order chi connectivity index (χ1) is 13.6. The van der Waals surface area contributed by atoms with E-state index >= 15 is 0 Å². The number of carbonyl (C=O) groups excluding carboxylic acids is 2. The number of nitrogens with zero attached hydrogens (tertiary/aromatic N) is 1. The van der Waals surface area contributed by atoms with Crippen LogP contribution < -0.4 is 5.32 Å². The minimum atomic E-state index is -0.500. The second-order valence-electron chi connectivity index (χ2n) is 6.16. The molecule has 28 heavy (non-hydrogen) atoms. The molecule has 1 atom stereocenters. The van der Waals surface area contributed by atoms with Crippen molar-refractivity contribution in [1.29, 1.82) is 0 Å². The van der Waals surface area contributed by atoms with E-state index in [1.807, 2.05) is 48.5 Å². The van der Waals surface area contributed by atoms with Crippen molar-refractivity contribution in [3.63, 3.8) is 0 Å². The Morgan fingerprint density at radius 3 is 2.50 bits per heavy atom. The fourth-order valence-electron chi connectivity index (χ4n) is 2.86. The third-order valence-corrected chi connectivity index (χ3v) is 4.63. The molecular weight excluding hydrogens is 376 g/mol. The molecule has 0 spiro atoms. The standard InChI is InChI=1S/C22H19ClN2O3/c1-28-22(27)16-10-11-19(23)20(13-16)25-21(26)18(15-7-3-2-4-8-15)14-17-9-5-6-12-24-17/h2-13,18H,14H2,1H3,(H,25,26). The number of halogens is 1. The predicted octanol–water partition coefficient (Wildman–Crippen LogP) is 4.49. The highest BCUT2D eigenvalue weighted by Crippen LogP contribution is 2.27.